The molecule has 1 aliphatic rings. The molecular formula is C17H25N3O2. The average Bonchev–Trinajstić information content (AvgIpc) is 3.02. The summed E-state index contributed by atoms with van der Waals surface area (Å²) in [7, 11) is 0. The molecule has 0 saturated carbocycles. The Morgan fingerprint density at radius 2 is 1.95 bits per heavy atom. The molecule has 0 spiro atoms. The summed E-state index contributed by atoms with van der Waals surface area (Å²) in [6, 6.07) is 6.90. The molecule has 0 aliphatic carbocycles. The van der Waals surface area contributed by atoms with E-state index in [2.05, 4.69) is 16.0 Å². The van der Waals surface area contributed by atoms with Gasteiger partial charge in [0.05, 0.1) is 6.04 Å². The van der Waals surface area contributed by atoms with E-state index in [1.54, 1.807) is 24.3 Å². The molecule has 5 heteroatoms. The van der Waals surface area contributed by atoms with Crippen molar-refractivity contribution in [3.05, 3.63) is 29.8 Å². The van der Waals surface area contributed by atoms with Crippen LogP contribution in [-0.4, -0.2) is 29.9 Å². The van der Waals surface area contributed by atoms with E-state index in [-0.39, 0.29) is 23.4 Å². The molecule has 1 fully saturated rings. The van der Waals surface area contributed by atoms with Crippen molar-refractivity contribution in [3.8, 4) is 0 Å². The van der Waals surface area contributed by atoms with Crippen LogP contribution in [0.15, 0.2) is 24.3 Å². The second-order valence-electron chi connectivity index (χ2n) is 6.41. The van der Waals surface area contributed by atoms with Gasteiger partial charge in [0.2, 0.25) is 5.91 Å². The molecule has 3 N–H and O–H groups in total. The third kappa shape index (κ3) is 4.31. The molecule has 0 radical (unpaired) electrons. The van der Waals surface area contributed by atoms with Crippen LogP contribution in [0.5, 0.6) is 0 Å². The maximum atomic E-state index is 12.2. The second-order valence-corrected chi connectivity index (χ2v) is 6.41. The normalized spacial score (nSPS) is 18.0. The molecule has 0 aromatic heterocycles. The highest BCUT2D eigenvalue weighted by Gasteiger charge is 2.22. The van der Waals surface area contributed by atoms with Gasteiger partial charge >= 0.3 is 0 Å². The predicted octanol–water partition coefficient (Wildman–Crippen LogP) is 2.30. The number of hydrogen-bond donors (Lipinski definition) is 3. The molecule has 1 atom stereocenters. The Morgan fingerprint density at radius 3 is 2.50 bits per heavy atom. The van der Waals surface area contributed by atoms with Gasteiger partial charge in [-0.25, -0.2) is 0 Å². The fourth-order valence-electron chi connectivity index (χ4n) is 2.31. The smallest absolute Gasteiger partial charge is 0.251 e. The minimum Gasteiger partial charge on any atom is -0.347 e. The summed E-state index contributed by atoms with van der Waals surface area (Å²) in [5.74, 6) is -0.107. The number of amides is 2. The summed E-state index contributed by atoms with van der Waals surface area (Å²) < 4.78 is 0. The van der Waals surface area contributed by atoms with Crippen LogP contribution in [0.25, 0.3) is 0 Å². The summed E-state index contributed by atoms with van der Waals surface area (Å²) in [5, 5.41) is 9.03. The third-order valence-electron chi connectivity index (χ3n) is 4.13. The van der Waals surface area contributed by atoms with Crippen LogP contribution in [-0.2, 0) is 4.79 Å². The summed E-state index contributed by atoms with van der Waals surface area (Å²) in [5.41, 5.74) is 1.08. The van der Waals surface area contributed by atoms with Crippen LogP contribution < -0.4 is 16.0 Å². The number of hydrogen-bond acceptors (Lipinski definition) is 3. The second kappa shape index (κ2) is 6.92. The van der Waals surface area contributed by atoms with E-state index >= 15 is 0 Å². The van der Waals surface area contributed by atoms with E-state index in [0.717, 1.165) is 25.8 Å². The van der Waals surface area contributed by atoms with Gasteiger partial charge < -0.3 is 16.0 Å². The van der Waals surface area contributed by atoms with Crippen molar-refractivity contribution in [2.24, 2.45) is 0 Å². The Kier molecular flexibility index (Phi) is 5.19. The van der Waals surface area contributed by atoms with Crippen molar-refractivity contribution in [1.82, 2.24) is 10.6 Å². The summed E-state index contributed by atoms with van der Waals surface area (Å²) >= 11 is 0. The van der Waals surface area contributed by atoms with Gasteiger partial charge in [-0.05, 0) is 63.9 Å². The lowest BCUT2D eigenvalue weighted by Gasteiger charge is -2.24. The van der Waals surface area contributed by atoms with Crippen molar-refractivity contribution < 1.29 is 9.59 Å². The highest BCUT2D eigenvalue weighted by Crippen LogP contribution is 2.14. The molecule has 5 nitrogen and oxygen atoms in total. The van der Waals surface area contributed by atoms with Gasteiger partial charge in [-0.2, -0.15) is 0 Å². The lowest BCUT2D eigenvalue weighted by atomic mass is 10.0. The summed E-state index contributed by atoms with van der Waals surface area (Å²) in [4.78, 5) is 24.2. The molecule has 1 aromatic rings. The van der Waals surface area contributed by atoms with Gasteiger partial charge in [0, 0.05) is 16.8 Å². The van der Waals surface area contributed by atoms with Crippen LogP contribution in [0, 0.1) is 0 Å². The molecule has 1 heterocycles. The first-order chi connectivity index (χ1) is 10.4. The summed E-state index contributed by atoms with van der Waals surface area (Å²) in [6.07, 6.45) is 2.77. The molecule has 120 valence electrons. The fourth-order valence-corrected chi connectivity index (χ4v) is 2.31. The SMILES string of the molecule is CCC(C)(C)NC(=O)c1ccc(NC(=O)C2CCCN2)cc1. The zero-order valence-electron chi connectivity index (χ0n) is 13.5. The molecular weight excluding hydrogens is 278 g/mol. The molecule has 2 amide bonds. The number of benzene rings is 1. The quantitative estimate of drug-likeness (QED) is 0.781. The number of carbonyl (C=O) groups is 2. The molecule has 0 bridgehead atoms. The Labute approximate surface area is 131 Å². The first kappa shape index (κ1) is 16.5. The van der Waals surface area contributed by atoms with E-state index in [1.165, 1.54) is 0 Å². The molecule has 22 heavy (non-hydrogen) atoms. The van der Waals surface area contributed by atoms with Crippen molar-refractivity contribution in [2.45, 2.75) is 51.6 Å². The lowest BCUT2D eigenvalue weighted by Crippen LogP contribution is -2.42. The topological polar surface area (TPSA) is 70.2 Å². The number of anilines is 1. The van der Waals surface area contributed by atoms with Crippen molar-refractivity contribution >= 4 is 17.5 Å². The van der Waals surface area contributed by atoms with E-state index in [4.69, 9.17) is 0 Å². The molecule has 1 unspecified atom stereocenters. The molecule has 2 rings (SSSR count). The zero-order valence-corrected chi connectivity index (χ0v) is 13.5. The third-order valence-corrected chi connectivity index (χ3v) is 4.13. The number of carbonyl (C=O) groups excluding carboxylic acids is 2. The number of rotatable bonds is 5. The zero-order chi connectivity index (χ0) is 16.2. The molecule has 1 saturated heterocycles. The van der Waals surface area contributed by atoms with Gasteiger partial charge in [-0.1, -0.05) is 6.92 Å². The molecule has 1 aromatic carbocycles. The van der Waals surface area contributed by atoms with E-state index in [1.807, 2.05) is 20.8 Å². The lowest BCUT2D eigenvalue weighted by molar-refractivity contribution is -0.117. The van der Waals surface area contributed by atoms with E-state index in [0.29, 0.717) is 11.3 Å². The van der Waals surface area contributed by atoms with E-state index < -0.39 is 0 Å². The summed E-state index contributed by atoms with van der Waals surface area (Å²) in [6.45, 7) is 6.92. The minimum absolute atomic E-state index is 0.0122. The number of nitrogens with one attached hydrogen (secondary N) is 3. The van der Waals surface area contributed by atoms with Crippen LogP contribution in [0.3, 0.4) is 0 Å². The highest BCUT2D eigenvalue weighted by atomic mass is 16.2. The van der Waals surface area contributed by atoms with Gasteiger partial charge in [-0.3, -0.25) is 9.59 Å². The fraction of sp³-hybridized carbons (Fsp3) is 0.529. The van der Waals surface area contributed by atoms with Crippen LogP contribution in [0.2, 0.25) is 0 Å². The standard InChI is InChI=1S/C17H25N3O2/c1-4-17(2,3)20-15(21)12-7-9-13(10-8-12)19-16(22)14-6-5-11-18-14/h7-10,14,18H,4-6,11H2,1-3H3,(H,19,22)(H,20,21). The Hall–Kier alpha value is -1.88. The van der Waals surface area contributed by atoms with Gasteiger partial charge in [0.25, 0.3) is 5.91 Å². The van der Waals surface area contributed by atoms with Crippen LogP contribution in [0.4, 0.5) is 5.69 Å². The van der Waals surface area contributed by atoms with Crippen molar-refractivity contribution in [1.29, 1.82) is 0 Å². The Bertz CT molecular complexity index is 531. The highest BCUT2D eigenvalue weighted by molar-refractivity contribution is 5.97. The van der Waals surface area contributed by atoms with Crippen molar-refractivity contribution in [2.75, 3.05) is 11.9 Å². The van der Waals surface area contributed by atoms with E-state index in [9.17, 15) is 9.59 Å². The minimum atomic E-state index is -0.224. The first-order valence-corrected chi connectivity index (χ1v) is 7.88. The maximum Gasteiger partial charge on any atom is 0.251 e. The van der Waals surface area contributed by atoms with Gasteiger partial charge in [-0.15, -0.1) is 0 Å². The Balaban J connectivity index is 1.95. The Morgan fingerprint density at radius 1 is 1.27 bits per heavy atom. The monoisotopic (exact) mass is 303 g/mol. The first-order valence-electron chi connectivity index (χ1n) is 7.88. The largest absolute Gasteiger partial charge is 0.347 e. The van der Waals surface area contributed by atoms with Gasteiger partial charge in [0.1, 0.15) is 0 Å². The van der Waals surface area contributed by atoms with Crippen LogP contribution >= 0.6 is 0 Å². The van der Waals surface area contributed by atoms with Crippen molar-refractivity contribution in [3.63, 3.8) is 0 Å². The van der Waals surface area contributed by atoms with Gasteiger partial charge in [0.15, 0.2) is 0 Å². The predicted molar refractivity (Wildman–Crippen MR) is 87.9 cm³/mol. The maximum absolute atomic E-state index is 12.2. The average molecular weight is 303 g/mol. The molecule has 1 aliphatic heterocycles. The van der Waals surface area contributed by atoms with Crippen LogP contribution in [0.1, 0.15) is 50.4 Å².